The summed E-state index contributed by atoms with van der Waals surface area (Å²) in [6.45, 7) is 35.0. The van der Waals surface area contributed by atoms with Crippen molar-refractivity contribution >= 4 is 60.5 Å². The molecule has 3 aliphatic rings. The van der Waals surface area contributed by atoms with E-state index in [-0.39, 0.29) is 93.0 Å². The number of ketones is 6. The Kier molecular flexibility index (Phi) is 14.8. The van der Waals surface area contributed by atoms with Crippen LogP contribution in [0.25, 0.3) is 0 Å². The Morgan fingerprint density at radius 3 is 0.388 bits per heavy atom. The van der Waals surface area contributed by atoms with E-state index in [9.17, 15) is 28.8 Å². The average Bonchev–Trinajstić information content (AvgIpc) is 2.85. The molecule has 0 bridgehead atoms. The minimum Gasteiger partial charge on any atom is -0.285 e. The van der Waals surface area contributed by atoms with Crippen LogP contribution in [-0.4, -0.2) is 60.5 Å². The topological polar surface area (TPSA) is 102 Å². The molecule has 0 aromatic carbocycles. The second kappa shape index (κ2) is 15.7. The van der Waals surface area contributed by atoms with E-state index >= 15 is 0 Å². The standard InChI is InChI=1S/3C14H20O2.In/c3*1-13(2,3)9-7-8-10(14(4,5)6)12(16)11(9)15;/h3*7-8H,1-6H3;. The summed E-state index contributed by atoms with van der Waals surface area (Å²) >= 11 is 0. The third-order valence-corrected chi connectivity index (χ3v) is 8.18. The van der Waals surface area contributed by atoms with E-state index in [4.69, 9.17) is 0 Å². The van der Waals surface area contributed by atoms with Gasteiger partial charge in [0.25, 0.3) is 0 Å². The minimum atomic E-state index is -0.347. The molecule has 0 N–H and O–H groups in total. The zero-order chi connectivity index (χ0) is 38.2. The van der Waals surface area contributed by atoms with Gasteiger partial charge in [0.15, 0.2) is 0 Å². The third kappa shape index (κ3) is 12.0. The molecule has 3 aliphatic carbocycles. The Labute approximate surface area is 314 Å². The van der Waals surface area contributed by atoms with Crippen molar-refractivity contribution in [2.45, 2.75) is 125 Å². The summed E-state index contributed by atoms with van der Waals surface area (Å²) in [5, 5.41) is 0. The summed E-state index contributed by atoms with van der Waals surface area (Å²) in [5.74, 6) is -2.08. The summed E-state index contributed by atoms with van der Waals surface area (Å²) in [5.41, 5.74) is 1.99. The van der Waals surface area contributed by atoms with Crippen molar-refractivity contribution in [3.05, 3.63) is 69.9 Å². The van der Waals surface area contributed by atoms with Gasteiger partial charge in [0.2, 0.25) is 34.7 Å². The van der Waals surface area contributed by atoms with Gasteiger partial charge in [-0.25, -0.2) is 0 Å². The molecule has 6 nitrogen and oxygen atoms in total. The van der Waals surface area contributed by atoms with Crippen molar-refractivity contribution in [1.29, 1.82) is 0 Å². The fourth-order valence-corrected chi connectivity index (χ4v) is 5.23. The Balaban J connectivity index is 0.000000698. The van der Waals surface area contributed by atoms with Gasteiger partial charge in [0.05, 0.1) is 0 Å². The quantitative estimate of drug-likeness (QED) is 0.180. The van der Waals surface area contributed by atoms with Crippen LogP contribution >= 0.6 is 0 Å². The maximum absolute atomic E-state index is 12.0. The van der Waals surface area contributed by atoms with Crippen LogP contribution in [0.1, 0.15) is 125 Å². The number of carbonyl (C=O) groups is 6. The van der Waals surface area contributed by atoms with Crippen molar-refractivity contribution in [3.8, 4) is 0 Å². The number of carbonyl (C=O) groups excluding carboxylic acids is 6. The summed E-state index contributed by atoms with van der Waals surface area (Å²) < 4.78 is 0. The monoisotopic (exact) mass is 775 g/mol. The molecule has 0 unspecified atom stereocenters. The van der Waals surface area contributed by atoms with Crippen LogP contribution in [0.3, 0.4) is 0 Å². The van der Waals surface area contributed by atoms with Gasteiger partial charge in [0.1, 0.15) is 0 Å². The molecule has 267 valence electrons. The first kappa shape index (κ1) is 46.3. The first-order chi connectivity index (χ1) is 21.1. The van der Waals surface area contributed by atoms with Crippen molar-refractivity contribution in [3.63, 3.8) is 0 Å². The number of allylic oxidation sites excluding steroid dienone is 12. The van der Waals surface area contributed by atoms with Gasteiger partial charge in [-0.3, -0.25) is 28.8 Å². The molecule has 0 saturated heterocycles. The summed E-state index contributed by atoms with van der Waals surface area (Å²) in [6, 6.07) is 0. The van der Waals surface area contributed by atoms with E-state index in [1.54, 1.807) is 36.5 Å². The van der Waals surface area contributed by atoms with Gasteiger partial charge in [-0.05, 0) is 32.5 Å². The molecule has 0 aromatic rings. The van der Waals surface area contributed by atoms with Crippen LogP contribution in [0.5, 0.6) is 0 Å². The maximum atomic E-state index is 12.0. The molecule has 0 fully saturated rings. The molecule has 3 rings (SSSR count). The van der Waals surface area contributed by atoms with E-state index < -0.39 is 0 Å². The molecule has 0 heterocycles. The molecule has 7 heteroatoms. The third-order valence-electron chi connectivity index (χ3n) is 8.18. The van der Waals surface area contributed by atoms with Crippen LogP contribution in [0, 0.1) is 32.5 Å². The van der Waals surface area contributed by atoms with Crippen LogP contribution in [0.2, 0.25) is 0 Å². The van der Waals surface area contributed by atoms with Gasteiger partial charge in [-0.2, -0.15) is 0 Å². The van der Waals surface area contributed by atoms with Crippen molar-refractivity contribution in [2.75, 3.05) is 0 Å². The zero-order valence-electron chi connectivity index (χ0n) is 33.5. The zero-order valence-corrected chi connectivity index (χ0v) is 36.8. The van der Waals surface area contributed by atoms with Crippen molar-refractivity contribution in [2.24, 2.45) is 32.5 Å². The van der Waals surface area contributed by atoms with Crippen LogP contribution in [-0.2, 0) is 28.8 Å². The molecule has 0 saturated carbocycles. The Morgan fingerprint density at radius 1 is 0.245 bits per heavy atom. The van der Waals surface area contributed by atoms with Crippen LogP contribution in [0.15, 0.2) is 69.9 Å². The van der Waals surface area contributed by atoms with E-state index in [2.05, 4.69) is 0 Å². The van der Waals surface area contributed by atoms with E-state index in [1.165, 1.54) is 0 Å². The van der Waals surface area contributed by atoms with Crippen molar-refractivity contribution < 1.29 is 28.8 Å². The molecule has 0 aliphatic heterocycles. The Hall–Kier alpha value is -2.67. The van der Waals surface area contributed by atoms with E-state index in [0.29, 0.717) is 33.4 Å². The minimum absolute atomic E-state index is 0. The molecular formula is C42H60InO6. The van der Waals surface area contributed by atoms with Gasteiger partial charge in [0, 0.05) is 59.3 Å². The SMILES string of the molecule is CC(C)(C)C1=CC=C(C(C)(C)C)C(=O)C1=O.CC(C)(C)C1=CC=C(C(C)(C)C)C(=O)C1=O.CC(C)(C)C1=CC=C(C(C)(C)C)C(=O)C1=O.[In]. The van der Waals surface area contributed by atoms with Gasteiger partial charge >= 0.3 is 0 Å². The number of hydrogen-bond donors (Lipinski definition) is 0. The fraction of sp³-hybridized carbons (Fsp3) is 0.571. The predicted octanol–water partition coefficient (Wildman–Crippen LogP) is 8.87. The number of rotatable bonds is 0. The van der Waals surface area contributed by atoms with Gasteiger partial charge in [-0.15, -0.1) is 0 Å². The molecular weight excluding hydrogens is 715 g/mol. The predicted molar refractivity (Wildman–Crippen MR) is 201 cm³/mol. The smallest absolute Gasteiger partial charge is 0.229 e. The molecule has 0 amide bonds. The van der Waals surface area contributed by atoms with E-state index in [1.807, 2.05) is 125 Å². The van der Waals surface area contributed by atoms with Crippen molar-refractivity contribution in [1.82, 2.24) is 0 Å². The second-order valence-electron chi connectivity index (χ2n) is 19.0. The molecule has 0 aromatic heterocycles. The first-order valence-electron chi connectivity index (χ1n) is 16.7. The Morgan fingerprint density at radius 2 is 0.327 bits per heavy atom. The fourth-order valence-electron chi connectivity index (χ4n) is 5.23. The number of hydrogen-bond acceptors (Lipinski definition) is 6. The number of Topliss-reactive ketones (excluding diaryl/α,β-unsaturated/α-hetero) is 6. The summed E-state index contributed by atoms with van der Waals surface area (Å²) in [6.07, 6.45) is 10.8. The maximum Gasteiger partial charge on any atom is 0.229 e. The Bertz CT molecular complexity index is 1260. The summed E-state index contributed by atoms with van der Waals surface area (Å²) in [7, 11) is 0. The van der Waals surface area contributed by atoms with Crippen LogP contribution in [0.4, 0.5) is 0 Å². The summed E-state index contributed by atoms with van der Waals surface area (Å²) in [4.78, 5) is 71.8. The van der Waals surface area contributed by atoms with Gasteiger partial charge in [-0.1, -0.05) is 161 Å². The molecule has 3 radical (unpaired) electrons. The van der Waals surface area contributed by atoms with Crippen LogP contribution < -0.4 is 0 Å². The molecule has 49 heavy (non-hydrogen) atoms. The first-order valence-corrected chi connectivity index (χ1v) is 16.7. The molecule has 0 spiro atoms. The average molecular weight is 776 g/mol. The second-order valence-corrected chi connectivity index (χ2v) is 19.0. The van der Waals surface area contributed by atoms with Gasteiger partial charge < -0.3 is 0 Å². The normalized spacial score (nSPS) is 18.0. The largest absolute Gasteiger partial charge is 0.285 e. The van der Waals surface area contributed by atoms with E-state index in [0.717, 1.165) is 0 Å². The molecule has 0 atom stereocenters.